The molecule has 0 spiro atoms. The van der Waals surface area contributed by atoms with Crippen molar-refractivity contribution in [1.82, 2.24) is 15.3 Å². The number of fused-ring (bicyclic) bond motifs is 1. The number of benzene rings is 1. The van der Waals surface area contributed by atoms with Crippen LogP contribution >= 0.6 is 11.3 Å². The first-order valence-electron chi connectivity index (χ1n) is 13.2. The van der Waals surface area contributed by atoms with E-state index in [0.29, 0.717) is 6.42 Å². The molecule has 4 aliphatic carbocycles. The number of hydrogen-bond donors (Lipinski definition) is 3. The third-order valence-corrected chi connectivity index (χ3v) is 9.08. The first-order chi connectivity index (χ1) is 17.1. The van der Waals surface area contributed by atoms with Crippen LogP contribution in [-0.4, -0.2) is 29.0 Å². The highest BCUT2D eigenvalue weighted by molar-refractivity contribution is 7.09. The number of pyridine rings is 1. The van der Waals surface area contributed by atoms with E-state index in [1.807, 2.05) is 35.8 Å². The van der Waals surface area contributed by atoms with Gasteiger partial charge in [-0.25, -0.2) is 9.97 Å². The number of carbonyl (C=O) groups excluding carboxylic acids is 1. The summed E-state index contributed by atoms with van der Waals surface area (Å²) in [7, 11) is 0. The summed E-state index contributed by atoms with van der Waals surface area (Å²) in [6, 6.07) is 10.1. The number of aromatic nitrogens is 2. The van der Waals surface area contributed by atoms with E-state index in [0.717, 1.165) is 71.2 Å². The smallest absolute Gasteiger partial charge is 0.224 e. The third kappa shape index (κ3) is 5.21. The summed E-state index contributed by atoms with van der Waals surface area (Å²) in [5.74, 6) is 3.66. The van der Waals surface area contributed by atoms with Crippen molar-refractivity contribution in [1.29, 1.82) is 0 Å². The first kappa shape index (κ1) is 22.9. The minimum Gasteiger partial charge on any atom is -0.370 e. The van der Waals surface area contributed by atoms with Crippen LogP contribution in [0.2, 0.25) is 0 Å². The van der Waals surface area contributed by atoms with E-state index >= 15 is 0 Å². The number of carbonyl (C=O) groups is 1. The fraction of sp³-hybridized carbons (Fsp3) is 0.536. The molecule has 3 aromatic rings. The largest absolute Gasteiger partial charge is 0.370 e. The zero-order valence-corrected chi connectivity index (χ0v) is 21.1. The van der Waals surface area contributed by atoms with Crippen molar-refractivity contribution in [2.24, 2.45) is 23.2 Å². The number of anilines is 2. The molecule has 4 saturated carbocycles. The van der Waals surface area contributed by atoms with Crippen LogP contribution in [0.1, 0.15) is 56.4 Å². The Morgan fingerprint density at radius 2 is 1.83 bits per heavy atom. The summed E-state index contributed by atoms with van der Waals surface area (Å²) in [5, 5.41) is 14.2. The molecule has 7 rings (SSSR count). The minimum atomic E-state index is 0.173. The Labute approximate surface area is 211 Å². The van der Waals surface area contributed by atoms with E-state index in [4.69, 9.17) is 4.98 Å². The van der Waals surface area contributed by atoms with Crippen LogP contribution in [0.5, 0.6) is 0 Å². The Balaban J connectivity index is 1.03. The van der Waals surface area contributed by atoms with E-state index < -0.39 is 0 Å². The van der Waals surface area contributed by atoms with Gasteiger partial charge in [0.25, 0.3) is 0 Å². The number of nitrogens with one attached hydrogen (secondary N) is 3. The lowest BCUT2D eigenvalue weighted by Crippen LogP contribution is -2.47. The van der Waals surface area contributed by atoms with Crippen LogP contribution in [0.3, 0.4) is 0 Å². The number of hydrogen-bond acceptors (Lipinski definition) is 6. The quantitative estimate of drug-likeness (QED) is 0.312. The molecule has 3 N–H and O–H groups in total. The van der Waals surface area contributed by atoms with Crippen molar-refractivity contribution in [3.63, 3.8) is 0 Å². The van der Waals surface area contributed by atoms with Gasteiger partial charge in [0.1, 0.15) is 10.8 Å². The summed E-state index contributed by atoms with van der Waals surface area (Å²) in [6.45, 7) is 2.61. The summed E-state index contributed by atoms with van der Waals surface area (Å²) < 4.78 is 0. The van der Waals surface area contributed by atoms with Crippen molar-refractivity contribution in [2.75, 3.05) is 23.7 Å². The molecule has 1 amide bonds. The number of rotatable bonds is 10. The molecule has 0 aliphatic heterocycles. The van der Waals surface area contributed by atoms with Crippen LogP contribution in [0.25, 0.3) is 10.9 Å². The van der Waals surface area contributed by atoms with E-state index in [2.05, 4.69) is 27.0 Å². The second kappa shape index (κ2) is 9.86. The van der Waals surface area contributed by atoms with Gasteiger partial charge in [-0.2, -0.15) is 0 Å². The van der Waals surface area contributed by atoms with E-state index in [-0.39, 0.29) is 11.3 Å². The fourth-order valence-electron chi connectivity index (χ4n) is 7.37. The molecule has 2 aromatic heterocycles. The van der Waals surface area contributed by atoms with Gasteiger partial charge in [-0.3, -0.25) is 4.79 Å². The van der Waals surface area contributed by atoms with Crippen molar-refractivity contribution in [3.05, 3.63) is 46.9 Å². The predicted molar refractivity (Wildman–Crippen MR) is 143 cm³/mol. The molecule has 1 aromatic carbocycles. The fourth-order valence-corrected chi connectivity index (χ4v) is 7.96. The topological polar surface area (TPSA) is 78.9 Å². The molecule has 0 unspecified atom stereocenters. The molecule has 184 valence electrons. The zero-order chi connectivity index (χ0) is 23.7. The maximum atomic E-state index is 13.2. The highest BCUT2D eigenvalue weighted by Crippen LogP contribution is 2.61. The molecule has 6 nitrogen and oxygen atoms in total. The predicted octanol–water partition coefficient (Wildman–Crippen LogP) is 5.83. The van der Waals surface area contributed by atoms with Gasteiger partial charge in [-0.05, 0) is 98.9 Å². The molecule has 0 radical (unpaired) electrons. The standard InChI is InChI=1S/C28H35N5OS/c34-26(17-28-14-19-11-20(15-28)13-21(12-19)16-28)33-24-4-1-3-23-22(24)5-6-25(32-23)30-8-2-7-29-18-27-31-9-10-35-27/h1,3-6,9-10,19-21,29H,2,7-8,11-18H2,(H,30,32)(H,33,34). The van der Waals surface area contributed by atoms with Crippen LogP contribution in [0.15, 0.2) is 41.9 Å². The van der Waals surface area contributed by atoms with Gasteiger partial charge in [0, 0.05) is 36.5 Å². The Hall–Kier alpha value is -2.51. The van der Waals surface area contributed by atoms with Gasteiger partial charge < -0.3 is 16.0 Å². The summed E-state index contributed by atoms with van der Waals surface area (Å²) in [4.78, 5) is 22.2. The Kier molecular flexibility index (Phi) is 6.46. The van der Waals surface area contributed by atoms with E-state index in [9.17, 15) is 4.79 Å². The Morgan fingerprint density at radius 3 is 2.57 bits per heavy atom. The number of thiazole rings is 1. The van der Waals surface area contributed by atoms with Crippen LogP contribution in [-0.2, 0) is 11.3 Å². The molecule has 4 aliphatic rings. The Bertz CT molecular complexity index is 1140. The maximum Gasteiger partial charge on any atom is 0.224 e. The van der Waals surface area contributed by atoms with Crippen molar-refractivity contribution in [3.8, 4) is 0 Å². The SMILES string of the molecule is O=C(CC12CC3CC(CC(C3)C1)C2)Nc1cccc2nc(NCCCNCc3nccs3)ccc12. The molecule has 4 bridgehead atoms. The average Bonchev–Trinajstić information content (AvgIpc) is 3.34. The lowest BCUT2D eigenvalue weighted by molar-refractivity contribution is -0.124. The first-order valence-corrected chi connectivity index (χ1v) is 14.0. The highest BCUT2D eigenvalue weighted by Gasteiger charge is 2.51. The average molecular weight is 490 g/mol. The number of nitrogens with zero attached hydrogens (tertiary/aromatic N) is 2. The molecular weight excluding hydrogens is 454 g/mol. The van der Waals surface area contributed by atoms with Crippen molar-refractivity contribution >= 4 is 39.7 Å². The molecule has 35 heavy (non-hydrogen) atoms. The summed E-state index contributed by atoms with van der Waals surface area (Å²) >= 11 is 1.68. The van der Waals surface area contributed by atoms with Crippen LogP contribution < -0.4 is 16.0 Å². The van der Waals surface area contributed by atoms with E-state index in [1.54, 1.807) is 11.3 Å². The molecule has 7 heteroatoms. The van der Waals surface area contributed by atoms with Gasteiger partial charge in [0.05, 0.1) is 11.2 Å². The lowest BCUT2D eigenvalue weighted by Gasteiger charge is -2.56. The molecule has 0 atom stereocenters. The van der Waals surface area contributed by atoms with Gasteiger partial charge in [-0.15, -0.1) is 11.3 Å². The number of amides is 1. The van der Waals surface area contributed by atoms with Gasteiger partial charge in [0.2, 0.25) is 5.91 Å². The van der Waals surface area contributed by atoms with Gasteiger partial charge in [0.15, 0.2) is 0 Å². The van der Waals surface area contributed by atoms with Crippen LogP contribution in [0, 0.1) is 23.2 Å². The lowest BCUT2D eigenvalue weighted by atomic mass is 9.49. The van der Waals surface area contributed by atoms with Crippen LogP contribution in [0.4, 0.5) is 11.5 Å². The van der Waals surface area contributed by atoms with Crippen molar-refractivity contribution < 1.29 is 4.79 Å². The summed E-state index contributed by atoms with van der Waals surface area (Å²) in [5.41, 5.74) is 2.04. The van der Waals surface area contributed by atoms with Gasteiger partial charge in [-0.1, -0.05) is 6.07 Å². The Morgan fingerprint density at radius 1 is 1.03 bits per heavy atom. The second-order valence-electron chi connectivity index (χ2n) is 11.1. The van der Waals surface area contributed by atoms with Gasteiger partial charge >= 0.3 is 0 Å². The summed E-state index contributed by atoms with van der Waals surface area (Å²) in [6.07, 6.45) is 11.5. The third-order valence-electron chi connectivity index (χ3n) is 8.30. The second-order valence-corrected chi connectivity index (χ2v) is 12.1. The molecular formula is C28H35N5OS. The van der Waals surface area contributed by atoms with Crippen molar-refractivity contribution in [2.45, 2.75) is 57.9 Å². The van der Waals surface area contributed by atoms with E-state index in [1.165, 1.54) is 38.5 Å². The molecule has 2 heterocycles. The monoisotopic (exact) mass is 489 g/mol. The maximum absolute atomic E-state index is 13.2. The minimum absolute atomic E-state index is 0.173. The molecule has 4 fully saturated rings. The normalized spacial score (nSPS) is 26.8. The zero-order valence-electron chi connectivity index (χ0n) is 20.3. The highest BCUT2D eigenvalue weighted by atomic mass is 32.1. The molecule has 0 saturated heterocycles.